The Bertz CT molecular complexity index is 825. The monoisotopic (exact) mass is 497 g/mol. The van der Waals surface area contributed by atoms with Crippen LogP contribution >= 0.6 is 0 Å². The van der Waals surface area contributed by atoms with E-state index in [1.807, 2.05) is 48.5 Å². The smallest absolute Gasteiger partial charge is 0.155 e. The molecule has 0 aliphatic rings. The molecule has 1 radical (unpaired) electrons. The minimum absolute atomic E-state index is 0. The first-order chi connectivity index (χ1) is 11.1. The van der Waals surface area contributed by atoms with Crippen LogP contribution in [0.15, 0.2) is 72.5 Å². The van der Waals surface area contributed by atoms with E-state index in [9.17, 15) is 4.79 Å². The third-order valence-electron chi connectivity index (χ3n) is 3.00. The predicted octanol–water partition coefficient (Wildman–Crippen LogP) is 4.74. The van der Waals surface area contributed by atoms with Gasteiger partial charge in [0.05, 0.1) is 11.3 Å². The Balaban J connectivity index is 0.000000312. The van der Waals surface area contributed by atoms with Gasteiger partial charge < -0.3 is 5.11 Å². The van der Waals surface area contributed by atoms with E-state index in [0.717, 1.165) is 16.8 Å². The van der Waals surface area contributed by atoms with Crippen LogP contribution < -0.4 is 0 Å². The molecule has 0 atom stereocenters. The van der Waals surface area contributed by atoms with E-state index in [-0.39, 0.29) is 31.6 Å². The van der Waals surface area contributed by atoms with Crippen LogP contribution in [-0.4, -0.2) is 15.9 Å². The van der Waals surface area contributed by atoms with Gasteiger partial charge in [-0.25, -0.2) is 0 Å². The number of aromatic nitrogens is 1. The molecule has 0 spiro atoms. The molecule has 0 saturated heterocycles. The zero-order valence-electron chi connectivity index (χ0n) is 13.5. The van der Waals surface area contributed by atoms with Crippen LogP contribution in [-0.2, 0) is 24.9 Å². The number of fused-ring (bicyclic) bond motifs is 1. The van der Waals surface area contributed by atoms with Gasteiger partial charge in [0.25, 0.3) is 0 Å². The third kappa shape index (κ3) is 6.07. The average molecular weight is 497 g/mol. The van der Waals surface area contributed by atoms with Gasteiger partial charge in [-0.3, -0.25) is 9.78 Å². The van der Waals surface area contributed by atoms with Gasteiger partial charge in [0.2, 0.25) is 0 Å². The van der Waals surface area contributed by atoms with Crippen LogP contribution in [0.3, 0.4) is 0 Å². The number of hydrogen-bond donors (Lipinski definition) is 1. The molecule has 4 heteroatoms. The van der Waals surface area contributed by atoms with Gasteiger partial charge in [0, 0.05) is 26.2 Å². The topological polar surface area (TPSA) is 50.2 Å². The van der Waals surface area contributed by atoms with Crippen molar-refractivity contribution in [3.63, 3.8) is 0 Å². The number of hydrogen-bond acceptors (Lipinski definition) is 3. The fraction of sp³-hybridized carbons (Fsp3) is 0.100. The van der Waals surface area contributed by atoms with E-state index in [1.54, 1.807) is 0 Å². The molecule has 1 heterocycles. The minimum atomic E-state index is -0.125. The summed E-state index contributed by atoms with van der Waals surface area (Å²) in [7, 11) is 0. The van der Waals surface area contributed by atoms with Crippen molar-refractivity contribution in [3.8, 4) is 11.3 Å². The molecule has 3 aromatic rings. The zero-order valence-corrected chi connectivity index (χ0v) is 15.9. The Morgan fingerprint density at radius 1 is 1.04 bits per heavy atom. The fourth-order valence-electron chi connectivity index (χ4n) is 2.06. The second-order valence-corrected chi connectivity index (χ2v) is 5.06. The number of para-hydroxylation sites is 1. The average Bonchev–Trinajstić information content (AvgIpc) is 2.54. The zero-order chi connectivity index (χ0) is 16.7. The first-order valence-electron chi connectivity index (χ1n) is 7.27. The van der Waals surface area contributed by atoms with Crippen LogP contribution in [0, 0.1) is 6.07 Å². The van der Waals surface area contributed by atoms with Crippen LogP contribution in [0.5, 0.6) is 0 Å². The maximum Gasteiger partial charge on any atom is 0.155 e. The number of aliphatic hydroxyl groups is 1. The van der Waals surface area contributed by atoms with Crippen LogP contribution in [0.1, 0.15) is 13.8 Å². The van der Waals surface area contributed by atoms with E-state index in [2.05, 4.69) is 23.2 Å². The number of pyridine rings is 1. The Hall–Kier alpha value is -2.29. The van der Waals surface area contributed by atoms with Crippen molar-refractivity contribution in [3.05, 3.63) is 78.6 Å². The molecule has 3 rings (SSSR count). The molecule has 2 aromatic carbocycles. The number of aliphatic hydroxyl groups excluding tert-OH is 1. The first kappa shape index (κ1) is 19.8. The Morgan fingerprint density at radius 3 is 2.33 bits per heavy atom. The van der Waals surface area contributed by atoms with Crippen LogP contribution in [0.25, 0.3) is 22.2 Å². The van der Waals surface area contributed by atoms with E-state index < -0.39 is 0 Å². The second-order valence-electron chi connectivity index (χ2n) is 5.06. The quantitative estimate of drug-likeness (QED) is 0.317. The maximum atomic E-state index is 10.0. The molecule has 125 valence electrons. The third-order valence-corrected chi connectivity index (χ3v) is 3.00. The van der Waals surface area contributed by atoms with Crippen molar-refractivity contribution >= 4 is 16.7 Å². The number of nitrogens with zero attached hydrogens (tertiary/aromatic N) is 1. The van der Waals surface area contributed by atoms with Gasteiger partial charge in [-0.1, -0.05) is 30.3 Å². The molecule has 3 nitrogen and oxygen atoms in total. The SMILES string of the molecule is CC(=O)C=C(C)O.[Ir].[c-]1ccccc1-c1ccc2ccccc2n1. The summed E-state index contributed by atoms with van der Waals surface area (Å²) < 4.78 is 0. The minimum Gasteiger partial charge on any atom is -0.512 e. The van der Waals surface area contributed by atoms with Crippen molar-refractivity contribution < 1.29 is 30.0 Å². The Morgan fingerprint density at radius 2 is 1.75 bits per heavy atom. The largest absolute Gasteiger partial charge is 0.512 e. The number of benzene rings is 2. The summed E-state index contributed by atoms with van der Waals surface area (Å²) in [4.78, 5) is 14.6. The molecule has 0 unspecified atom stereocenters. The Kier molecular flexibility index (Phi) is 8.03. The van der Waals surface area contributed by atoms with Crippen molar-refractivity contribution in [1.82, 2.24) is 4.98 Å². The summed E-state index contributed by atoms with van der Waals surface area (Å²) in [5.41, 5.74) is 3.03. The van der Waals surface area contributed by atoms with Crippen molar-refractivity contribution in [1.29, 1.82) is 0 Å². The molecule has 0 fully saturated rings. The molecule has 0 aliphatic heterocycles. The molecule has 0 saturated carbocycles. The molecule has 0 bridgehead atoms. The number of carbonyl (C=O) groups excluding carboxylic acids is 1. The van der Waals surface area contributed by atoms with E-state index in [1.165, 1.54) is 25.3 Å². The van der Waals surface area contributed by atoms with Gasteiger partial charge >= 0.3 is 0 Å². The van der Waals surface area contributed by atoms with Crippen molar-refractivity contribution in [2.24, 2.45) is 0 Å². The number of ketones is 1. The molecule has 24 heavy (non-hydrogen) atoms. The van der Waals surface area contributed by atoms with E-state index in [0.29, 0.717) is 0 Å². The van der Waals surface area contributed by atoms with Crippen LogP contribution in [0.4, 0.5) is 0 Å². The van der Waals surface area contributed by atoms with Gasteiger partial charge in [0.1, 0.15) is 0 Å². The molecule has 0 aliphatic carbocycles. The number of rotatable bonds is 2. The molecule has 1 aromatic heterocycles. The van der Waals surface area contributed by atoms with E-state index in [4.69, 9.17) is 5.11 Å². The molecular formula is C20H18IrNO2-. The molecule has 1 N–H and O–H groups in total. The number of carbonyl (C=O) groups is 1. The van der Waals surface area contributed by atoms with Gasteiger partial charge in [-0.05, 0) is 31.0 Å². The van der Waals surface area contributed by atoms with Gasteiger partial charge in [-0.15, -0.1) is 35.9 Å². The first-order valence-corrected chi connectivity index (χ1v) is 7.27. The van der Waals surface area contributed by atoms with Gasteiger partial charge in [0.15, 0.2) is 5.78 Å². The normalized spacial score (nSPS) is 10.3. The van der Waals surface area contributed by atoms with E-state index >= 15 is 0 Å². The predicted molar refractivity (Wildman–Crippen MR) is 93.1 cm³/mol. The summed E-state index contributed by atoms with van der Waals surface area (Å²) in [5.74, 6) is -0.0625. The number of allylic oxidation sites excluding steroid dienone is 2. The van der Waals surface area contributed by atoms with Crippen molar-refractivity contribution in [2.75, 3.05) is 0 Å². The fourth-order valence-corrected chi connectivity index (χ4v) is 2.06. The second kappa shape index (κ2) is 9.76. The maximum absolute atomic E-state index is 10.0. The van der Waals surface area contributed by atoms with Crippen LogP contribution in [0.2, 0.25) is 0 Å². The molecular weight excluding hydrogens is 478 g/mol. The van der Waals surface area contributed by atoms with Gasteiger partial charge in [-0.2, -0.15) is 0 Å². The summed E-state index contributed by atoms with van der Waals surface area (Å²) in [6, 6.07) is 23.4. The molecule has 0 amide bonds. The standard InChI is InChI=1S/C15H10N.C5H8O2.Ir/c1-2-6-12(7-3-1)15-11-10-13-8-4-5-9-14(13)16-15;1-4(6)3-5(2)7;/h1-6,8-11H;3,6H,1-2H3;/q-1;;. The summed E-state index contributed by atoms with van der Waals surface area (Å²) in [6.07, 6.45) is 1.17. The summed E-state index contributed by atoms with van der Waals surface area (Å²) >= 11 is 0. The summed E-state index contributed by atoms with van der Waals surface area (Å²) in [5, 5.41) is 9.53. The Labute approximate surface area is 155 Å². The van der Waals surface area contributed by atoms with Crippen molar-refractivity contribution in [2.45, 2.75) is 13.8 Å². The summed E-state index contributed by atoms with van der Waals surface area (Å²) in [6.45, 7) is 2.85.